The number of hydrogen-bond acceptors (Lipinski definition) is 5. The number of quaternary nitrogens is 1. The Balaban J connectivity index is 1.42. The zero-order valence-corrected chi connectivity index (χ0v) is 21.7. The number of rotatable bonds is 3. The van der Waals surface area contributed by atoms with Crippen LogP contribution in [0.4, 0.5) is 10.1 Å². The summed E-state index contributed by atoms with van der Waals surface area (Å²) in [4.78, 5) is 32.1. The van der Waals surface area contributed by atoms with E-state index in [0.717, 1.165) is 33.2 Å². The topological polar surface area (TPSA) is 94.7 Å². The number of anilines is 1. The smallest absolute Gasteiger partial charge is 0.323 e. The number of aromatic nitrogens is 5. The van der Waals surface area contributed by atoms with Gasteiger partial charge in [-0.1, -0.05) is 16.9 Å². The van der Waals surface area contributed by atoms with Gasteiger partial charge in [-0.15, -0.1) is 9.69 Å². The third-order valence-corrected chi connectivity index (χ3v) is 8.37. The number of pyridine rings is 1. The third kappa shape index (κ3) is 3.51. The first-order chi connectivity index (χ1) is 18.9. The zero-order chi connectivity index (χ0) is 26.9. The summed E-state index contributed by atoms with van der Waals surface area (Å²) in [6.07, 6.45) is 6.36. The van der Waals surface area contributed by atoms with E-state index in [1.807, 2.05) is 31.2 Å². The predicted molar refractivity (Wildman–Crippen MR) is 146 cm³/mol. The highest BCUT2D eigenvalue weighted by atomic mass is 19.1. The number of carbonyl (C=O) groups excluding carboxylic acids is 2. The van der Waals surface area contributed by atoms with Crippen LogP contribution in [0.15, 0.2) is 55.0 Å². The second kappa shape index (κ2) is 8.54. The summed E-state index contributed by atoms with van der Waals surface area (Å²) in [5.74, 6) is -0.538. The number of nitrogens with one attached hydrogen (secondary N) is 1. The second-order valence-electron chi connectivity index (χ2n) is 10.6. The summed E-state index contributed by atoms with van der Waals surface area (Å²) in [7, 11) is 0. The molecule has 1 saturated heterocycles. The summed E-state index contributed by atoms with van der Waals surface area (Å²) in [6.45, 7) is 4.63. The van der Waals surface area contributed by atoms with Gasteiger partial charge in [-0.05, 0) is 42.3 Å². The van der Waals surface area contributed by atoms with Gasteiger partial charge in [-0.25, -0.2) is 9.18 Å². The van der Waals surface area contributed by atoms with Crippen LogP contribution < -0.4 is 9.91 Å². The number of amides is 2. The molecule has 2 aromatic carbocycles. The van der Waals surface area contributed by atoms with Gasteiger partial charge in [0.25, 0.3) is 0 Å². The Hall–Kier alpha value is -4.44. The molecular formula is C29H27FN7O2+. The molecule has 39 heavy (non-hydrogen) atoms. The number of hydrogen-bond donors (Lipinski definition) is 1. The van der Waals surface area contributed by atoms with Crippen LogP contribution in [0.3, 0.4) is 0 Å². The third-order valence-electron chi connectivity index (χ3n) is 8.37. The average molecular weight is 525 g/mol. The molecule has 2 amide bonds. The van der Waals surface area contributed by atoms with Crippen LogP contribution >= 0.6 is 0 Å². The molecule has 1 N–H and O–H groups in total. The number of nitrogens with zero attached hydrogens (tertiary/aromatic N) is 6. The van der Waals surface area contributed by atoms with Crippen molar-refractivity contribution in [3.05, 3.63) is 72.1 Å². The number of aryl methyl sites for hydroxylation is 1. The molecule has 0 aliphatic carbocycles. The molecule has 0 radical (unpaired) electrons. The van der Waals surface area contributed by atoms with Gasteiger partial charge in [0.05, 0.1) is 36.2 Å². The molecule has 196 valence electrons. The number of halogens is 1. The van der Waals surface area contributed by atoms with Gasteiger partial charge in [0.2, 0.25) is 5.91 Å². The van der Waals surface area contributed by atoms with Crippen molar-refractivity contribution in [3.63, 3.8) is 0 Å². The Labute approximate surface area is 223 Å². The van der Waals surface area contributed by atoms with E-state index >= 15 is 4.39 Å². The highest BCUT2D eigenvalue weighted by Gasteiger charge is 2.44. The minimum Gasteiger partial charge on any atom is -0.323 e. The maximum atomic E-state index is 15.7. The quantitative estimate of drug-likeness (QED) is 0.353. The van der Waals surface area contributed by atoms with Crippen LogP contribution in [-0.2, 0) is 16.1 Å². The van der Waals surface area contributed by atoms with Gasteiger partial charge in [0.15, 0.2) is 0 Å². The van der Waals surface area contributed by atoms with Gasteiger partial charge < -0.3 is 5.32 Å². The fraction of sp³-hybridized carbons (Fsp3) is 0.276. The van der Waals surface area contributed by atoms with Crippen molar-refractivity contribution in [1.29, 1.82) is 0 Å². The van der Waals surface area contributed by atoms with Crippen molar-refractivity contribution in [2.45, 2.75) is 39.2 Å². The molecular weight excluding hydrogens is 497 g/mol. The van der Waals surface area contributed by atoms with Gasteiger partial charge in [-0.3, -0.25) is 14.5 Å². The zero-order valence-electron chi connectivity index (χ0n) is 21.7. The highest BCUT2D eigenvalue weighted by Crippen LogP contribution is 2.42. The first-order valence-electron chi connectivity index (χ1n) is 13.1. The van der Waals surface area contributed by atoms with Crippen LogP contribution in [-0.4, -0.2) is 49.6 Å². The molecule has 0 saturated carbocycles. The van der Waals surface area contributed by atoms with E-state index < -0.39 is 0 Å². The minimum atomic E-state index is -0.367. The molecule has 3 aliphatic rings. The van der Waals surface area contributed by atoms with E-state index in [1.165, 1.54) is 6.07 Å². The van der Waals surface area contributed by atoms with Crippen LogP contribution in [0.25, 0.3) is 32.9 Å². The second-order valence-corrected chi connectivity index (χ2v) is 10.6. The highest BCUT2D eigenvalue weighted by molar-refractivity contribution is 6.01. The fourth-order valence-corrected chi connectivity index (χ4v) is 6.26. The Morgan fingerprint density at radius 3 is 2.69 bits per heavy atom. The Morgan fingerprint density at radius 1 is 1.10 bits per heavy atom. The molecule has 6 heterocycles. The largest absolute Gasteiger partial charge is 0.336 e. The summed E-state index contributed by atoms with van der Waals surface area (Å²) in [5.41, 5.74) is 5.05. The molecule has 3 aromatic heterocycles. The molecule has 0 unspecified atom stereocenters. The van der Waals surface area contributed by atoms with Crippen molar-refractivity contribution in [2.24, 2.45) is 0 Å². The summed E-state index contributed by atoms with van der Waals surface area (Å²) < 4.78 is 17.4. The molecule has 0 spiro atoms. The lowest BCUT2D eigenvalue weighted by molar-refractivity contribution is -0.137. The predicted octanol–water partition coefficient (Wildman–Crippen LogP) is 4.41. The van der Waals surface area contributed by atoms with Crippen LogP contribution in [0.5, 0.6) is 0 Å². The van der Waals surface area contributed by atoms with Crippen LogP contribution in [0.1, 0.15) is 36.9 Å². The molecule has 10 heteroatoms. The molecule has 3 aliphatic heterocycles. The van der Waals surface area contributed by atoms with E-state index in [0.29, 0.717) is 42.6 Å². The summed E-state index contributed by atoms with van der Waals surface area (Å²) in [5, 5.41) is 14.0. The number of piperidine rings is 1. The van der Waals surface area contributed by atoms with Crippen molar-refractivity contribution < 1.29 is 14.0 Å². The lowest BCUT2D eigenvalue weighted by Gasteiger charge is -2.39. The lowest BCUT2D eigenvalue weighted by Crippen LogP contribution is -2.65. The first kappa shape index (κ1) is 23.7. The molecule has 0 atom stereocenters. The molecule has 1 fully saturated rings. The van der Waals surface area contributed by atoms with Gasteiger partial charge in [0.1, 0.15) is 31.0 Å². The van der Waals surface area contributed by atoms with Gasteiger partial charge >= 0.3 is 5.91 Å². The average Bonchev–Trinajstić information content (AvgIpc) is 3.50. The number of benzene rings is 2. The maximum absolute atomic E-state index is 15.7. The van der Waals surface area contributed by atoms with Gasteiger partial charge in [-0.2, -0.15) is 5.10 Å². The minimum absolute atomic E-state index is 0.000807. The van der Waals surface area contributed by atoms with Crippen molar-refractivity contribution in [1.82, 2.24) is 29.2 Å². The summed E-state index contributed by atoms with van der Waals surface area (Å²) in [6, 6.07) is 10.8. The maximum Gasteiger partial charge on any atom is 0.336 e. The SMILES string of the molecule is CC(=O)[N+]12CCC(CC1)c1nn(CC(=O)Nc3cnccc3C)c3cccc(c13)-c1cc3c(cnn32)cc1F. The van der Waals surface area contributed by atoms with Crippen LogP contribution in [0, 0.1) is 12.7 Å². The number of carbonyl (C=O) groups is 2. The van der Waals surface area contributed by atoms with Crippen LogP contribution in [0.2, 0.25) is 0 Å². The molecule has 8 rings (SSSR count). The van der Waals surface area contributed by atoms with Crippen molar-refractivity contribution in [3.8, 4) is 11.1 Å². The standard InChI is InChI=1S/C29H26FN7O2/c1-17-6-9-31-15-24(17)33-27(39)16-35-25-5-3-4-21-22-13-26-20(12-23(22)30)14-32-36(26)37(18(2)38)10-7-19(8-11-37)29(34-35)28(21)25/h3-6,9,12-15,19H,7-8,10-11,16H2,1-2H3/p+1. The van der Waals surface area contributed by atoms with E-state index in [2.05, 4.69) is 15.4 Å². The van der Waals surface area contributed by atoms with E-state index in [-0.39, 0.29) is 34.7 Å². The normalized spacial score (nSPS) is 19.9. The lowest BCUT2D eigenvalue weighted by atomic mass is 9.88. The Bertz CT molecular complexity index is 1810. The Kier molecular flexibility index (Phi) is 5.18. The summed E-state index contributed by atoms with van der Waals surface area (Å²) >= 11 is 0. The van der Waals surface area contributed by atoms with E-state index in [9.17, 15) is 9.59 Å². The monoisotopic (exact) mass is 524 g/mol. The molecule has 9 nitrogen and oxygen atoms in total. The van der Waals surface area contributed by atoms with Gasteiger partial charge in [0, 0.05) is 41.3 Å². The van der Waals surface area contributed by atoms with E-state index in [1.54, 1.807) is 41.1 Å². The molecule has 4 bridgehead atoms. The van der Waals surface area contributed by atoms with Crippen molar-refractivity contribution in [2.75, 3.05) is 18.4 Å². The first-order valence-corrected chi connectivity index (χ1v) is 13.1. The Morgan fingerprint density at radius 2 is 1.92 bits per heavy atom. The number of fused-ring (bicyclic) bond motifs is 2. The molecule has 5 aromatic rings. The van der Waals surface area contributed by atoms with Crippen molar-refractivity contribution >= 4 is 39.3 Å². The van der Waals surface area contributed by atoms with E-state index in [4.69, 9.17) is 5.10 Å². The fourth-order valence-electron chi connectivity index (χ4n) is 6.26.